The number of hydrogen-bond donors (Lipinski definition) is 1. The number of ether oxygens (including phenoxy) is 1. The Morgan fingerprint density at radius 2 is 1.72 bits per heavy atom. The van der Waals surface area contributed by atoms with Crippen LogP contribution < -0.4 is 0 Å². The maximum Gasteiger partial charge on any atom is 0.337 e. The van der Waals surface area contributed by atoms with E-state index < -0.39 is 17.7 Å². The average Bonchev–Trinajstić information content (AvgIpc) is 3.54. The standard InChI is InChI=1S/C34H31ClN4O3S/c1-18-13-26-31(29(20-7-10-23(35)11-8-20)28(18)30(33(40)41)42-34(3,4)5)43-32(38-26)24-15-25(36-16-19(24)2)21-9-12-27-22(14-21)17-37-39(27)6/h7-17,30H,1-6H3,(H,40,41). The number of rotatable bonds is 6. The Hall–Kier alpha value is -4.11. The third-order valence-corrected chi connectivity index (χ3v) is 8.77. The summed E-state index contributed by atoms with van der Waals surface area (Å²) in [5.41, 5.74) is 8.02. The number of carboxylic acids is 1. The molecular formula is C34H31ClN4O3S. The van der Waals surface area contributed by atoms with E-state index in [1.54, 1.807) is 0 Å². The first kappa shape index (κ1) is 29.0. The zero-order valence-electron chi connectivity index (χ0n) is 24.8. The monoisotopic (exact) mass is 610 g/mol. The van der Waals surface area contributed by atoms with Crippen LogP contribution in [-0.4, -0.2) is 36.4 Å². The number of pyridine rings is 1. The van der Waals surface area contributed by atoms with Gasteiger partial charge < -0.3 is 9.84 Å². The second kappa shape index (κ2) is 10.9. The van der Waals surface area contributed by atoms with E-state index in [2.05, 4.69) is 29.4 Å². The molecule has 1 atom stereocenters. The fourth-order valence-electron chi connectivity index (χ4n) is 5.39. The van der Waals surface area contributed by atoms with Crippen molar-refractivity contribution in [2.75, 3.05) is 0 Å². The number of aliphatic carboxylic acids is 1. The Kier molecular flexibility index (Phi) is 7.32. The SMILES string of the molecule is Cc1cnc(-c2ccc3c(cnn3C)c2)cc1-c1nc2cc(C)c(C(OC(C)(C)C)C(=O)O)c(-c3ccc(Cl)cc3)c2s1. The van der Waals surface area contributed by atoms with Gasteiger partial charge in [0.15, 0.2) is 6.10 Å². The van der Waals surface area contributed by atoms with E-state index in [9.17, 15) is 9.90 Å². The second-order valence-electron chi connectivity index (χ2n) is 11.7. The summed E-state index contributed by atoms with van der Waals surface area (Å²) < 4.78 is 8.89. The maximum absolute atomic E-state index is 12.7. The highest BCUT2D eigenvalue weighted by atomic mass is 35.5. The molecule has 0 saturated heterocycles. The van der Waals surface area contributed by atoms with Gasteiger partial charge in [-0.3, -0.25) is 9.67 Å². The average molecular weight is 611 g/mol. The third-order valence-electron chi connectivity index (χ3n) is 7.39. The highest BCUT2D eigenvalue weighted by molar-refractivity contribution is 7.22. The first-order valence-corrected chi connectivity index (χ1v) is 15.1. The minimum Gasteiger partial charge on any atom is -0.479 e. The summed E-state index contributed by atoms with van der Waals surface area (Å²) in [5.74, 6) is -1.04. The molecule has 0 bridgehead atoms. The van der Waals surface area contributed by atoms with Crippen LogP contribution in [0.2, 0.25) is 5.02 Å². The van der Waals surface area contributed by atoms with Gasteiger partial charge in [0.25, 0.3) is 0 Å². The van der Waals surface area contributed by atoms with Crippen molar-refractivity contribution in [1.82, 2.24) is 19.7 Å². The Balaban J connectivity index is 1.56. The molecule has 3 heterocycles. The zero-order valence-corrected chi connectivity index (χ0v) is 26.3. The smallest absolute Gasteiger partial charge is 0.337 e. The quantitative estimate of drug-likeness (QED) is 0.203. The van der Waals surface area contributed by atoms with E-state index in [0.717, 1.165) is 65.2 Å². The summed E-state index contributed by atoms with van der Waals surface area (Å²) in [5, 5.41) is 17.2. The van der Waals surface area contributed by atoms with Gasteiger partial charge in [-0.05, 0) is 87.7 Å². The number of benzene rings is 3. The van der Waals surface area contributed by atoms with Crippen molar-refractivity contribution in [3.05, 3.63) is 88.7 Å². The van der Waals surface area contributed by atoms with Crippen LogP contribution in [0.15, 0.2) is 67.0 Å². The van der Waals surface area contributed by atoms with Crippen LogP contribution in [0.5, 0.6) is 0 Å². The van der Waals surface area contributed by atoms with Crippen LogP contribution in [0.3, 0.4) is 0 Å². The lowest BCUT2D eigenvalue weighted by Crippen LogP contribution is -2.28. The van der Waals surface area contributed by atoms with Crippen LogP contribution in [0.1, 0.15) is 43.6 Å². The minimum absolute atomic E-state index is 0.601. The van der Waals surface area contributed by atoms with Gasteiger partial charge in [0.05, 0.1) is 33.2 Å². The summed E-state index contributed by atoms with van der Waals surface area (Å²) >= 11 is 7.79. The molecule has 0 radical (unpaired) electrons. The van der Waals surface area contributed by atoms with Crippen molar-refractivity contribution in [3.8, 4) is 33.0 Å². The highest BCUT2D eigenvalue weighted by Crippen LogP contribution is 2.45. The number of fused-ring (bicyclic) bond motifs is 2. The van der Waals surface area contributed by atoms with Gasteiger partial charge in [-0.1, -0.05) is 29.8 Å². The fraction of sp³-hybridized carbons (Fsp3) is 0.235. The predicted molar refractivity (Wildman–Crippen MR) is 174 cm³/mol. The largest absolute Gasteiger partial charge is 0.479 e. The highest BCUT2D eigenvalue weighted by Gasteiger charge is 2.32. The molecule has 3 aromatic carbocycles. The number of hydrogen-bond acceptors (Lipinski definition) is 6. The van der Waals surface area contributed by atoms with Crippen molar-refractivity contribution in [2.45, 2.75) is 46.3 Å². The summed E-state index contributed by atoms with van der Waals surface area (Å²) in [6.07, 6.45) is 2.56. The third kappa shape index (κ3) is 5.54. The van der Waals surface area contributed by atoms with Crippen molar-refractivity contribution < 1.29 is 14.6 Å². The molecule has 0 aliphatic heterocycles. The molecule has 0 saturated carbocycles. The molecule has 7 nitrogen and oxygen atoms in total. The van der Waals surface area contributed by atoms with Gasteiger partial charge in [0.1, 0.15) is 5.01 Å². The molecule has 0 aliphatic rings. The lowest BCUT2D eigenvalue weighted by atomic mass is 9.91. The summed E-state index contributed by atoms with van der Waals surface area (Å²) in [4.78, 5) is 22.5. The summed E-state index contributed by atoms with van der Waals surface area (Å²) in [6, 6.07) is 17.7. The lowest BCUT2D eigenvalue weighted by Gasteiger charge is -2.28. The van der Waals surface area contributed by atoms with Crippen molar-refractivity contribution in [3.63, 3.8) is 0 Å². The fourth-order valence-corrected chi connectivity index (χ4v) is 6.72. The minimum atomic E-state index is -1.17. The second-order valence-corrected chi connectivity index (χ2v) is 13.2. The molecule has 43 heavy (non-hydrogen) atoms. The molecular weight excluding hydrogens is 580 g/mol. The van der Waals surface area contributed by atoms with Crippen molar-refractivity contribution in [1.29, 1.82) is 0 Å². The van der Waals surface area contributed by atoms with Crippen molar-refractivity contribution in [2.24, 2.45) is 7.05 Å². The number of aryl methyl sites for hydroxylation is 3. The molecule has 0 amide bonds. The Morgan fingerprint density at radius 1 is 1.00 bits per heavy atom. The Bertz CT molecular complexity index is 2020. The number of aromatic nitrogens is 4. The van der Waals surface area contributed by atoms with Crippen LogP contribution in [0.4, 0.5) is 0 Å². The number of thiazole rings is 1. The molecule has 0 aliphatic carbocycles. The molecule has 0 fully saturated rings. The van der Waals surface area contributed by atoms with E-state index in [-0.39, 0.29) is 0 Å². The van der Waals surface area contributed by atoms with E-state index in [1.807, 2.05) is 89.1 Å². The first-order valence-electron chi connectivity index (χ1n) is 13.9. The number of carboxylic acid groups (broad SMARTS) is 1. The van der Waals surface area contributed by atoms with E-state index in [0.29, 0.717) is 10.6 Å². The Labute approximate surface area is 258 Å². The van der Waals surface area contributed by atoms with E-state index in [4.69, 9.17) is 26.3 Å². The molecule has 6 aromatic rings. The molecule has 0 spiro atoms. The molecule has 3 aromatic heterocycles. The summed E-state index contributed by atoms with van der Waals surface area (Å²) in [6.45, 7) is 9.52. The number of halogens is 1. The number of carbonyl (C=O) groups is 1. The molecule has 1 unspecified atom stereocenters. The molecule has 9 heteroatoms. The van der Waals surface area contributed by atoms with Gasteiger partial charge in [-0.25, -0.2) is 9.78 Å². The van der Waals surface area contributed by atoms with E-state index in [1.165, 1.54) is 11.3 Å². The number of nitrogens with zero attached hydrogens (tertiary/aromatic N) is 4. The first-order chi connectivity index (χ1) is 20.4. The Morgan fingerprint density at radius 3 is 2.42 bits per heavy atom. The predicted octanol–water partition coefficient (Wildman–Crippen LogP) is 8.79. The van der Waals surface area contributed by atoms with Crippen LogP contribution in [0, 0.1) is 13.8 Å². The lowest BCUT2D eigenvalue weighted by molar-refractivity contribution is -0.160. The van der Waals surface area contributed by atoms with Crippen LogP contribution in [0.25, 0.3) is 54.1 Å². The molecule has 218 valence electrons. The molecule has 6 rings (SSSR count). The van der Waals surface area contributed by atoms with Crippen LogP contribution >= 0.6 is 22.9 Å². The van der Waals surface area contributed by atoms with Gasteiger partial charge in [0.2, 0.25) is 0 Å². The molecule has 1 N–H and O–H groups in total. The normalized spacial score (nSPS) is 12.7. The van der Waals surface area contributed by atoms with E-state index >= 15 is 0 Å². The van der Waals surface area contributed by atoms with Gasteiger partial charge in [0, 0.05) is 45.9 Å². The van der Waals surface area contributed by atoms with Crippen molar-refractivity contribution >= 4 is 50.0 Å². The maximum atomic E-state index is 12.7. The zero-order chi connectivity index (χ0) is 30.6. The topological polar surface area (TPSA) is 90.1 Å². The van der Waals surface area contributed by atoms with Crippen LogP contribution in [-0.2, 0) is 16.6 Å². The summed E-state index contributed by atoms with van der Waals surface area (Å²) in [7, 11) is 1.93. The van der Waals surface area contributed by atoms with Gasteiger partial charge >= 0.3 is 5.97 Å². The van der Waals surface area contributed by atoms with Gasteiger partial charge in [-0.15, -0.1) is 11.3 Å². The van der Waals surface area contributed by atoms with Gasteiger partial charge in [-0.2, -0.15) is 5.10 Å².